The lowest BCUT2D eigenvalue weighted by Crippen LogP contribution is -2.21. The summed E-state index contributed by atoms with van der Waals surface area (Å²) in [5.74, 6) is 0.176. The van der Waals surface area contributed by atoms with Crippen molar-refractivity contribution in [3.63, 3.8) is 0 Å². The lowest BCUT2D eigenvalue weighted by atomic mass is 10.1. The number of hydrogen-bond acceptors (Lipinski definition) is 3. The fourth-order valence-electron chi connectivity index (χ4n) is 1.06. The molecule has 4 N–H and O–H groups in total. The highest BCUT2D eigenvalue weighted by Crippen LogP contribution is 2.27. The lowest BCUT2D eigenvalue weighted by molar-refractivity contribution is 0.182. The molecule has 0 saturated heterocycles. The lowest BCUT2D eigenvalue weighted by Gasteiger charge is -2.09. The summed E-state index contributed by atoms with van der Waals surface area (Å²) in [6.45, 7) is 0.200. The maximum atomic E-state index is 9.54. The highest BCUT2D eigenvalue weighted by Gasteiger charge is 2.08. The Hall–Kier alpha value is -0.580. The Kier molecular flexibility index (Phi) is 3.71. The van der Waals surface area contributed by atoms with Crippen LogP contribution in [0.3, 0.4) is 0 Å². The van der Waals surface area contributed by atoms with Gasteiger partial charge in [0.2, 0.25) is 0 Å². The number of halogens is 1. The number of aliphatic hydroxyl groups excluding tert-OH is 1. The molecule has 72 valence electrons. The van der Waals surface area contributed by atoms with E-state index in [4.69, 9.17) is 5.73 Å². The van der Waals surface area contributed by atoms with Crippen LogP contribution in [0.4, 0.5) is 0 Å². The largest absolute Gasteiger partial charge is 0.506 e. The molecule has 13 heavy (non-hydrogen) atoms. The standard InChI is InChI=1S/C9H12BrNO2/c10-8-3-1-2-6(9(8)13)4-7(12)5-11/h1-3,7,12-13H,4-5,11H2. The normalized spacial score (nSPS) is 12.8. The molecule has 0 aromatic heterocycles. The van der Waals surface area contributed by atoms with E-state index in [1.165, 1.54) is 0 Å². The molecule has 3 nitrogen and oxygen atoms in total. The summed E-state index contributed by atoms with van der Waals surface area (Å²) in [6, 6.07) is 5.31. The number of aromatic hydroxyl groups is 1. The second kappa shape index (κ2) is 4.60. The predicted octanol–water partition coefficient (Wildman–Crippen LogP) is 1.02. The monoisotopic (exact) mass is 245 g/mol. The first kappa shape index (κ1) is 10.5. The minimum Gasteiger partial charge on any atom is -0.506 e. The summed E-state index contributed by atoms with van der Waals surface area (Å²) in [5.41, 5.74) is 5.97. The third-order valence-electron chi connectivity index (χ3n) is 1.80. The molecule has 0 amide bonds. The first-order valence-electron chi connectivity index (χ1n) is 3.99. The molecule has 0 radical (unpaired) electrons. The summed E-state index contributed by atoms with van der Waals surface area (Å²) in [7, 11) is 0. The van der Waals surface area contributed by atoms with E-state index >= 15 is 0 Å². The molecular weight excluding hydrogens is 234 g/mol. The van der Waals surface area contributed by atoms with Gasteiger partial charge in [0.1, 0.15) is 5.75 Å². The van der Waals surface area contributed by atoms with Crippen molar-refractivity contribution in [2.24, 2.45) is 5.73 Å². The maximum absolute atomic E-state index is 9.54. The number of rotatable bonds is 3. The van der Waals surface area contributed by atoms with Crippen LogP contribution in [0.5, 0.6) is 5.75 Å². The molecule has 0 aliphatic heterocycles. The highest BCUT2D eigenvalue weighted by atomic mass is 79.9. The number of hydrogen-bond donors (Lipinski definition) is 3. The van der Waals surface area contributed by atoms with E-state index in [1.54, 1.807) is 12.1 Å². The summed E-state index contributed by atoms with van der Waals surface area (Å²) in [6.07, 6.45) is -0.220. The summed E-state index contributed by atoms with van der Waals surface area (Å²) < 4.78 is 0.634. The minimum atomic E-state index is -0.597. The molecule has 1 unspecified atom stereocenters. The van der Waals surface area contributed by atoms with E-state index < -0.39 is 6.10 Å². The molecule has 0 saturated carbocycles. The molecule has 0 fully saturated rings. The molecule has 0 bridgehead atoms. The van der Waals surface area contributed by atoms with Gasteiger partial charge in [-0.1, -0.05) is 12.1 Å². The molecule has 1 atom stereocenters. The zero-order chi connectivity index (χ0) is 9.84. The van der Waals surface area contributed by atoms with E-state index in [0.29, 0.717) is 16.5 Å². The zero-order valence-corrected chi connectivity index (χ0v) is 8.66. The summed E-state index contributed by atoms with van der Waals surface area (Å²) in [4.78, 5) is 0. The Labute approximate surface area is 85.3 Å². The Balaban J connectivity index is 2.83. The van der Waals surface area contributed by atoms with Gasteiger partial charge in [-0.3, -0.25) is 0 Å². The predicted molar refractivity (Wildman–Crippen MR) is 54.6 cm³/mol. The van der Waals surface area contributed by atoms with Gasteiger partial charge in [-0.25, -0.2) is 0 Å². The molecule has 1 rings (SSSR count). The molecule has 0 aliphatic carbocycles. The van der Waals surface area contributed by atoms with E-state index in [-0.39, 0.29) is 12.3 Å². The smallest absolute Gasteiger partial charge is 0.133 e. The van der Waals surface area contributed by atoms with Crippen LogP contribution in [0.2, 0.25) is 0 Å². The van der Waals surface area contributed by atoms with Crippen molar-refractivity contribution in [1.82, 2.24) is 0 Å². The Morgan fingerprint density at radius 2 is 2.15 bits per heavy atom. The molecule has 0 heterocycles. The maximum Gasteiger partial charge on any atom is 0.133 e. The Morgan fingerprint density at radius 1 is 1.46 bits per heavy atom. The van der Waals surface area contributed by atoms with Crippen LogP contribution in [0, 0.1) is 0 Å². The molecule has 4 heteroatoms. The third-order valence-corrected chi connectivity index (χ3v) is 2.44. The highest BCUT2D eigenvalue weighted by molar-refractivity contribution is 9.10. The summed E-state index contributed by atoms with van der Waals surface area (Å²) >= 11 is 3.19. The number of para-hydroxylation sites is 1. The van der Waals surface area contributed by atoms with Gasteiger partial charge >= 0.3 is 0 Å². The van der Waals surface area contributed by atoms with Gasteiger partial charge in [0, 0.05) is 13.0 Å². The topological polar surface area (TPSA) is 66.5 Å². The fourth-order valence-corrected chi connectivity index (χ4v) is 1.47. The van der Waals surface area contributed by atoms with E-state index in [1.807, 2.05) is 6.07 Å². The van der Waals surface area contributed by atoms with Crippen LogP contribution in [0.15, 0.2) is 22.7 Å². The molecule has 0 spiro atoms. The van der Waals surface area contributed by atoms with Gasteiger partial charge in [-0.2, -0.15) is 0 Å². The van der Waals surface area contributed by atoms with Gasteiger partial charge in [-0.15, -0.1) is 0 Å². The van der Waals surface area contributed by atoms with Crippen molar-refractivity contribution in [2.75, 3.05) is 6.54 Å². The van der Waals surface area contributed by atoms with Gasteiger partial charge in [0.25, 0.3) is 0 Å². The first-order chi connectivity index (χ1) is 6.15. The van der Waals surface area contributed by atoms with Gasteiger partial charge in [0.05, 0.1) is 10.6 Å². The number of benzene rings is 1. The van der Waals surface area contributed by atoms with Crippen molar-refractivity contribution in [3.05, 3.63) is 28.2 Å². The van der Waals surface area contributed by atoms with Gasteiger partial charge in [-0.05, 0) is 27.6 Å². The second-order valence-electron chi connectivity index (χ2n) is 2.84. The van der Waals surface area contributed by atoms with E-state index in [0.717, 1.165) is 0 Å². The van der Waals surface area contributed by atoms with Crippen LogP contribution >= 0.6 is 15.9 Å². The molecular formula is C9H12BrNO2. The van der Waals surface area contributed by atoms with Crippen molar-refractivity contribution >= 4 is 15.9 Å². The minimum absolute atomic E-state index is 0.176. The fraction of sp³-hybridized carbons (Fsp3) is 0.333. The number of phenols is 1. The quantitative estimate of drug-likeness (QED) is 0.745. The molecule has 1 aromatic rings. The second-order valence-corrected chi connectivity index (χ2v) is 3.70. The van der Waals surface area contributed by atoms with Crippen molar-refractivity contribution in [3.8, 4) is 5.75 Å². The van der Waals surface area contributed by atoms with Gasteiger partial charge < -0.3 is 15.9 Å². The van der Waals surface area contributed by atoms with Crippen LogP contribution in [0.1, 0.15) is 5.56 Å². The summed E-state index contributed by atoms with van der Waals surface area (Å²) in [5, 5.41) is 18.8. The first-order valence-corrected chi connectivity index (χ1v) is 4.79. The van der Waals surface area contributed by atoms with Crippen LogP contribution < -0.4 is 5.73 Å². The number of phenolic OH excluding ortho intramolecular Hbond substituents is 1. The molecule has 0 aliphatic rings. The average Bonchev–Trinajstić information content (AvgIpc) is 2.13. The van der Waals surface area contributed by atoms with E-state index in [2.05, 4.69) is 15.9 Å². The SMILES string of the molecule is NCC(O)Cc1cccc(Br)c1O. The van der Waals surface area contributed by atoms with Gasteiger partial charge in [0.15, 0.2) is 0 Å². The Morgan fingerprint density at radius 3 is 2.77 bits per heavy atom. The molecule has 1 aromatic carbocycles. The van der Waals surface area contributed by atoms with Crippen LogP contribution in [0.25, 0.3) is 0 Å². The third kappa shape index (κ3) is 2.69. The van der Waals surface area contributed by atoms with Crippen LogP contribution in [-0.2, 0) is 6.42 Å². The van der Waals surface area contributed by atoms with Crippen LogP contribution in [-0.4, -0.2) is 22.9 Å². The number of nitrogens with two attached hydrogens (primary N) is 1. The van der Waals surface area contributed by atoms with Crippen molar-refractivity contribution in [1.29, 1.82) is 0 Å². The van der Waals surface area contributed by atoms with Crippen molar-refractivity contribution < 1.29 is 10.2 Å². The zero-order valence-electron chi connectivity index (χ0n) is 7.07. The van der Waals surface area contributed by atoms with Crippen molar-refractivity contribution in [2.45, 2.75) is 12.5 Å². The number of aliphatic hydroxyl groups is 1. The average molecular weight is 246 g/mol. The van der Waals surface area contributed by atoms with E-state index in [9.17, 15) is 10.2 Å². The Bertz CT molecular complexity index is 291.